The molecule has 2 atom stereocenters. The van der Waals surface area contributed by atoms with E-state index in [0.29, 0.717) is 25.9 Å². The van der Waals surface area contributed by atoms with E-state index in [2.05, 4.69) is 19.2 Å². The molecule has 6 heteroatoms. The molecule has 0 spiro atoms. The molecule has 0 heterocycles. The van der Waals surface area contributed by atoms with Crippen LogP contribution in [0.1, 0.15) is 483 Å². The van der Waals surface area contributed by atoms with E-state index in [0.717, 1.165) is 38.5 Å². The third-order valence-corrected chi connectivity index (χ3v) is 19.7. The zero-order valence-electron chi connectivity index (χ0n) is 59.8. The van der Waals surface area contributed by atoms with Gasteiger partial charge in [-0.1, -0.05) is 444 Å². The number of hydrogen-bond donors (Lipinski definition) is 3. The fraction of sp³-hybridized carbons (Fsp3) is 0.975. The number of unbranched alkanes of at least 4 members (excludes halogenated alkanes) is 67. The predicted molar refractivity (Wildman–Crippen MR) is 384 cm³/mol. The summed E-state index contributed by atoms with van der Waals surface area (Å²) in [7, 11) is 0. The topological polar surface area (TPSA) is 95.9 Å². The number of hydrogen-bond acceptors (Lipinski definition) is 5. The van der Waals surface area contributed by atoms with Crippen LogP contribution in [0.4, 0.5) is 0 Å². The predicted octanol–water partition coefficient (Wildman–Crippen LogP) is 26.9. The number of nitrogens with one attached hydrogen (secondary N) is 1. The summed E-state index contributed by atoms with van der Waals surface area (Å²) >= 11 is 0. The highest BCUT2D eigenvalue weighted by molar-refractivity contribution is 5.76. The number of esters is 1. The molecule has 0 radical (unpaired) electrons. The zero-order valence-corrected chi connectivity index (χ0v) is 59.8. The molecule has 0 aromatic heterocycles. The first-order valence-electron chi connectivity index (χ1n) is 40.8. The van der Waals surface area contributed by atoms with Gasteiger partial charge in [-0.2, -0.15) is 0 Å². The summed E-state index contributed by atoms with van der Waals surface area (Å²) in [6.07, 6.45) is 96.5. The Bertz CT molecular complexity index is 1280. The fourth-order valence-electron chi connectivity index (χ4n) is 13.5. The fourth-order valence-corrected chi connectivity index (χ4v) is 13.5. The zero-order chi connectivity index (χ0) is 62.8. The Morgan fingerprint density at radius 2 is 0.471 bits per heavy atom. The highest BCUT2D eigenvalue weighted by Crippen LogP contribution is 2.21. The van der Waals surface area contributed by atoms with Gasteiger partial charge in [0.1, 0.15) is 0 Å². The lowest BCUT2D eigenvalue weighted by atomic mass is 10.0. The third-order valence-electron chi connectivity index (χ3n) is 19.7. The second-order valence-electron chi connectivity index (χ2n) is 28.5. The minimum atomic E-state index is -0.658. The molecule has 520 valence electrons. The third kappa shape index (κ3) is 73.8. The Labute approximate surface area is 547 Å². The summed E-state index contributed by atoms with van der Waals surface area (Å²) in [6.45, 7) is 5.01. The van der Waals surface area contributed by atoms with E-state index in [1.807, 2.05) is 0 Å². The average Bonchev–Trinajstić information content (AvgIpc) is 3.53. The molecule has 0 aromatic carbocycles. The Hall–Kier alpha value is -1.14. The van der Waals surface area contributed by atoms with Gasteiger partial charge in [-0.05, 0) is 25.7 Å². The quantitative estimate of drug-likeness (QED) is 0.0417. The molecule has 0 saturated heterocycles. The van der Waals surface area contributed by atoms with Crippen molar-refractivity contribution >= 4 is 11.9 Å². The average molecular weight is 1230 g/mol. The molecular formula is C81H161NO5. The highest BCUT2D eigenvalue weighted by Gasteiger charge is 2.20. The molecular weight excluding hydrogens is 1070 g/mol. The molecule has 3 N–H and O–H groups in total. The summed E-state index contributed by atoms with van der Waals surface area (Å²) < 4.78 is 5.52. The number of carbonyl (C=O) groups excluding carboxylic acids is 2. The molecule has 0 aliphatic heterocycles. The molecule has 0 bridgehead atoms. The Balaban J connectivity index is 3.26. The van der Waals surface area contributed by atoms with Gasteiger partial charge in [-0.15, -0.1) is 0 Å². The van der Waals surface area contributed by atoms with Crippen LogP contribution in [0.25, 0.3) is 0 Å². The lowest BCUT2D eigenvalue weighted by molar-refractivity contribution is -0.143. The first-order chi connectivity index (χ1) is 43.0. The van der Waals surface area contributed by atoms with E-state index in [9.17, 15) is 19.8 Å². The van der Waals surface area contributed by atoms with Crippen molar-refractivity contribution in [2.24, 2.45) is 0 Å². The molecule has 0 saturated carbocycles. The van der Waals surface area contributed by atoms with Crippen molar-refractivity contribution in [2.45, 2.75) is 495 Å². The van der Waals surface area contributed by atoms with Gasteiger partial charge in [-0.3, -0.25) is 9.59 Å². The summed E-state index contributed by atoms with van der Waals surface area (Å²) in [6, 6.07) is -0.535. The Morgan fingerprint density at radius 1 is 0.276 bits per heavy atom. The number of aliphatic hydroxyl groups excluding tert-OH is 2. The lowest BCUT2D eigenvalue weighted by Gasteiger charge is -2.22. The SMILES string of the molecule is CCCCCCCCCCCCCCCCCCCC(=O)OCCCCCCCCCCCCCCCCCCCCCCCCCCCCCCCCCCCCCCCCCC(=O)NC(CO)C(O)CCCCCCCCCCCCCCCC. The monoisotopic (exact) mass is 1230 g/mol. The number of rotatable bonds is 78. The van der Waals surface area contributed by atoms with Gasteiger partial charge in [0.2, 0.25) is 5.91 Å². The summed E-state index contributed by atoms with van der Waals surface area (Å²) in [5.74, 6) is 0.00450. The summed E-state index contributed by atoms with van der Waals surface area (Å²) in [5.41, 5.74) is 0. The van der Waals surface area contributed by atoms with Gasteiger partial charge >= 0.3 is 5.97 Å². The van der Waals surface area contributed by atoms with Crippen molar-refractivity contribution in [2.75, 3.05) is 13.2 Å². The maximum Gasteiger partial charge on any atom is 0.305 e. The van der Waals surface area contributed by atoms with Crippen LogP contribution in [0, 0.1) is 0 Å². The normalized spacial score (nSPS) is 12.4. The van der Waals surface area contributed by atoms with Crippen molar-refractivity contribution in [3.63, 3.8) is 0 Å². The molecule has 6 nitrogen and oxygen atoms in total. The maximum atomic E-state index is 12.5. The van der Waals surface area contributed by atoms with Crippen LogP contribution in [0.5, 0.6) is 0 Å². The maximum absolute atomic E-state index is 12.5. The molecule has 0 rings (SSSR count). The minimum Gasteiger partial charge on any atom is -0.466 e. The number of aliphatic hydroxyl groups is 2. The highest BCUT2D eigenvalue weighted by atomic mass is 16.5. The van der Waals surface area contributed by atoms with E-state index in [4.69, 9.17) is 4.74 Å². The van der Waals surface area contributed by atoms with Crippen LogP contribution in [0.15, 0.2) is 0 Å². The van der Waals surface area contributed by atoms with E-state index >= 15 is 0 Å². The van der Waals surface area contributed by atoms with Crippen molar-refractivity contribution < 1.29 is 24.5 Å². The standard InChI is InChI=1S/C81H161NO5/c1-3-5-7-9-11-13-15-17-19-43-47-51-55-59-63-67-71-75-81(86)87-76-72-68-64-60-56-52-48-45-42-40-38-36-34-32-30-28-26-24-22-20-21-23-25-27-29-31-33-35-37-39-41-44-46-50-54-58-62-66-70-74-80(85)82-78(77-83)79(84)73-69-65-61-57-53-49-18-16-14-12-10-8-6-4-2/h78-79,83-84H,3-77H2,1-2H3,(H,82,85). The van der Waals surface area contributed by atoms with E-state index in [1.54, 1.807) is 0 Å². The molecule has 0 fully saturated rings. The van der Waals surface area contributed by atoms with Gasteiger partial charge in [0, 0.05) is 12.8 Å². The first kappa shape index (κ1) is 85.9. The van der Waals surface area contributed by atoms with Crippen LogP contribution in [-0.4, -0.2) is 47.4 Å². The van der Waals surface area contributed by atoms with Gasteiger partial charge in [0.05, 0.1) is 25.4 Å². The largest absolute Gasteiger partial charge is 0.466 e. The van der Waals surface area contributed by atoms with Crippen molar-refractivity contribution in [1.82, 2.24) is 5.32 Å². The smallest absolute Gasteiger partial charge is 0.305 e. The van der Waals surface area contributed by atoms with Crippen LogP contribution in [0.3, 0.4) is 0 Å². The number of amides is 1. The van der Waals surface area contributed by atoms with Crippen LogP contribution in [-0.2, 0) is 14.3 Å². The van der Waals surface area contributed by atoms with Crippen molar-refractivity contribution in [3.8, 4) is 0 Å². The molecule has 0 aliphatic rings. The Morgan fingerprint density at radius 3 is 0.701 bits per heavy atom. The van der Waals surface area contributed by atoms with Gasteiger partial charge < -0.3 is 20.3 Å². The van der Waals surface area contributed by atoms with Crippen LogP contribution < -0.4 is 5.32 Å². The number of ether oxygens (including phenoxy) is 1. The Kier molecular flexibility index (Phi) is 76.3. The molecule has 1 amide bonds. The first-order valence-corrected chi connectivity index (χ1v) is 40.8. The summed E-state index contributed by atoms with van der Waals surface area (Å²) in [5, 5.41) is 23.3. The minimum absolute atomic E-state index is 0.0249. The molecule has 87 heavy (non-hydrogen) atoms. The van der Waals surface area contributed by atoms with Gasteiger partial charge in [0.15, 0.2) is 0 Å². The van der Waals surface area contributed by atoms with Crippen LogP contribution in [0.2, 0.25) is 0 Å². The second kappa shape index (κ2) is 77.3. The van der Waals surface area contributed by atoms with Crippen molar-refractivity contribution in [1.29, 1.82) is 0 Å². The number of carbonyl (C=O) groups is 2. The van der Waals surface area contributed by atoms with E-state index < -0.39 is 12.1 Å². The second-order valence-corrected chi connectivity index (χ2v) is 28.5. The molecule has 0 aliphatic carbocycles. The molecule has 0 aromatic rings. The van der Waals surface area contributed by atoms with E-state index in [1.165, 1.54) is 411 Å². The van der Waals surface area contributed by atoms with E-state index in [-0.39, 0.29) is 18.5 Å². The lowest BCUT2D eigenvalue weighted by Crippen LogP contribution is -2.45. The van der Waals surface area contributed by atoms with Gasteiger partial charge in [0.25, 0.3) is 0 Å². The van der Waals surface area contributed by atoms with Crippen molar-refractivity contribution in [3.05, 3.63) is 0 Å². The molecule has 2 unspecified atom stereocenters. The van der Waals surface area contributed by atoms with Crippen LogP contribution >= 0.6 is 0 Å². The summed E-state index contributed by atoms with van der Waals surface area (Å²) in [4.78, 5) is 24.6. The van der Waals surface area contributed by atoms with Gasteiger partial charge in [-0.25, -0.2) is 0 Å².